The van der Waals surface area contributed by atoms with E-state index in [2.05, 4.69) is 5.32 Å². The topological polar surface area (TPSA) is 84.6 Å². The van der Waals surface area contributed by atoms with Crippen molar-refractivity contribution in [3.63, 3.8) is 0 Å². The molecule has 0 saturated carbocycles. The molecule has 0 bridgehead atoms. The summed E-state index contributed by atoms with van der Waals surface area (Å²) in [5.41, 5.74) is -0.0481. The van der Waals surface area contributed by atoms with Crippen LogP contribution in [0.25, 0.3) is 0 Å². The fourth-order valence-electron chi connectivity index (χ4n) is 1.23. The first kappa shape index (κ1) is 15.3. The Morgan fingerprint density at radius 2 is 2.00 bits per heavy atom. The van der Waals surface area contributed by atoms with Crippen molar-refractivity contribution in [2.24, 2.45) is 0 Å². The van der Waals surface area contributed by atoms with Crippen LogP contribution in [0.2, 0.25) is 0 Å². The van der Waals surface area contributed by atoms with Gasteiger partial charge >= 0.3 is 0 Å². The second-order valence-corrected chi connectivity index (χ2v) is 3.79. The average molecular weight is 276 g/mol. The first-order valence-electron chi connectivity index (χ1n) is 5.51. The zero-order valence-electron chi connectivity index (χ0n) is 10.0. The lowest BCUT2D eigenvalue weighted by atomic mass is 10.3. The molecule has 0 atom stereocenters. The van der Waals surface area contributed by atoms with E-state index in [0.29, 0.717) is 5.75 Å². The Morgan fingerprint density at radius 3 is 2.53 bits per heavy atom. The van der Waals surface area contributed by atoms with Crippen LogP contribution in [0.4, 0.5) is 14.5 Å². The molecule has 1 aromatic rings. The minimum absolute atomic E-state index is 0.0481. The van der Waals surface area contributed by atoms with Crippen molar-refractivity contribution in [1.82, 2.24) is 5.32 Å². The zero-order chi connectivity index (χ0) is 14.3. The summed E-state index contributed by atoms with van der Waals surface area (Å²) in [4.78, 5) is 9.87. The van der Waals surface area contributed by atoms with Crippen molar-refractivity contribution < 1.29 is 23.5 Å². The Bertz CT molecular complexity index is 412. The highest BCUT2D eigenvalue weighted by Crippen LogP contribution is 2.17. The number of alkyl halides is 2. The number of nitrogens with zero attached hydrogens (tertiary/aromatic N) is 1. The number of non-ortho nitro benzene ring substituents is 1. The summed E-state index contributed by atoms with van der Waals surface area (Å²) in [6, 6.07) is 5.45. The second-order valence-electron chi connectivity index (χ2n) is 3.79. The molecular weight excluding hydrogens is 262 g/mol. The van der Waals surface area contributed by atoms with Crippen LogP contribution in [-0.4, -0.2) is 42.3 Å². The lowest BCUT2D eigenvalue weighted by molar-refractivity contribution is -0.384. The largest absolute Gasteiger partial charge is 0.492 e. The maximum atomic E-state index is 12.6. The van der Waals surface area contributed by atoms with E-state index in [9.17, 15) is 18.9 Å². The fraction of sp³-hybridized carbons (Fsp3) is 0.455. The van der Waals surface area contributed by atoms with Gasteiger partial charge in [0.1, 0.15) is 19.0 Å². The second kappa shape index (κ2) is 6.95. The molecule has 0 saturated heterocycles. The lowest BCUT2D eigenvalue weighted by Gasteiger charge is -2.14. The molecule has 2 N–H and O–H groups in total. The van der Waals surface area contributed by atoms with E-state index in [-0.39, 0.29) is 18.8 Å². The number of nitro benzene ring substituents is 1. The average Bonchev–Trinajstić information content (AvgIpc) is 2.39. The lowest BCUT2D eigenvalue weighted by Crippen LogP contribution is -2.37. The van der Waals surface area contributed by atoms with Crippen molar-refractivity contribution in [2.75, 3.05) is 26.3 Å². The van der Waals surface area contributed by atoms with Crippen LogP contribution >= 0.6 is 0 Å². The van der Waals surface area contributed by atoms with Crippen LogP contribution in [0.15, 0.2) is 24.3 Å². The molecule has 0 radical (unpaired) electrons. The van der Waals surface area contributed by atoms with Gasteiger partial charge in [-0.2, -0.15) is 0 Å². The molecule has 0 unspecified atom stereocenters. The number of nitro groups is 1. The Hall–Kier alpha value is -1.80. The van der Waals surface area contributed by atoms with Gasteiger partial charge in [0.25, 0.3) is 11.6 Å². The summed E-state index contributed by atoms with van der Waals surface area (Å²) in [7, 11) is 0. The normalized spacial score (nSPS) is 11.3. The summed E-state index contributed by atoms with van der Waals surface area (Å²) in [5.74, 6) is -2.73. The molecule has 0 fully saturated rings. The van der Waals surface area contributed by atoms with Gasteiger partial charge in [-0.15, -0.1) is 0 Å². The molecular formula is C11H14F2N2O4. The number of nitrogens with one attached hydrogen (secondary N) is 1. The number of aliphatic hydroxyl groups is 1. The van der Waals surface area contributed by atoms with Gasteiger partial charge in [-0.25, -0.2) is 8.78 Å². The molecule has 0 aliphatic heterocycles. The van der Waals surface area contributed by atoms with Gasteiger partial charge in [-0.05, 0) is 12.1 Å². The third-order valence-electron chi connectivity index (χ3n) is 2.21. The van der Waals surface area contributed by atoms with E-state index in [0.717, 1.165) is 0 Å². The monoisotopic (exact) mass is 276 g/mol. The van der Waals surface area contributed by atoms with Crippen molar-refractivity contribution in [3.8, 4) is 5.75 Å². The highest BCUT2D eigenvalue weighted by atomic mass is 19.3. The van der Waals surface area contributed by atoms with Crippen LogP contribution in [0, 0.1) is 10.1 Å². The van der Waals surface area contributed by atoms with Crippen LogP contribution < -0.4 is 10.1 Å². The number of benzene rings is 1. The van der Waals surface area contributed by atoms with Crippen molar-refractivity contribution in [2.45, 2.75) is 5.92 Å². The van der Waals surface area contributed by atoms with E-state index in [4.69, 9.17) is 9.84 Å². The van der Waals surface area contributed by atoms with E-state index >= 15 is 0 Å². The molecule has 0 spiro atoms. The zero-order valence-corrected chi connectivity index (χ0v) is 10.0. The molecule has 19 heavy (non-hydrogen) atoms. The van der Waals surface area contributed by atoms with Gasteiger partial charge in [0, 0.05) is 18.7 Å². The summed E-state index contributed by atoms with van der Waals surface area (Å²) < 4.78 is 30.4. The number of hydrogen-bond acceptors (Lipinski definition) is 5. The third kappa shape index (κ3) is 5.58. The molecule has 0 aromatic heterocycles. The fourth-order valence-corrected chi connectivity index (χ4v) is 1.23. The molecule has 0 aliphatic rings. The summed E-state index contributed by atoms with van der Waals surface area (Å²) in [6.45, 7) is -1.53. The number of aliphatic hydroxyl groups excluding tert-OH is 1. The maximum absolute atomic E-state index is 12.6. The molecule has 1 aromatic carbocycles. The molecule has 8 heteroatoms. The molecule has 106 valence electrons. The van der Waals surface area contributed by atoms with Gasteiger partial charge in [0.2, 0.25) is 0 Å². The maximum Gasteiger partial charge on any atom is 0.282 e. The molecule has 0 amide bonds. The quantitative estimate of drug-likeness (QED) is 0.423. The number of rotatable bonds is 8. The van der Waals surface area contributed by atoms with Crippen LogP contribution in [0.5, 0.6) is 5.75 Å². The van der Waals surface area contributed by atoms with Crippen molar-refractivity contribution in [1.29, 1.82) is 0 Å². The van der Waals surface area contributed by atoms with E-state index in [1.165, 1.54) is 24.3 Å². The van der Waals surface area contributed by atoms with E-state index in [1.807, 2.05) is 0 Å². The van der Waals surface area contributed by atoms with Crippen molar-refractivity contribution >= 4 is 5.69 Å². The highest BCUT2D eigenvalue weighted by molar-refractivity contribution is 5.35. The number of hydrogen-bond donors (Lipinski definition) is 2. The van der Waals surface area contributed by atoms with Crippen LogP contribution in [0.3, 0.4) is 0 Å². The first-order valence-corrected chi connectivity index (χ1v) is 5.51. The molecule has 0 aliphatic carbocycles. The standard InChI is InChI=1S/C11H14F2N2O4/c12-11(13,8-16)7-14-5-6-19-10-3-1-9(2-4-10)15(17)18/h1-4,14,16H,5-8H2. The Morgan fingerprint density at radius 1 is 1.37 bits per heavy atom. The van der Waals surface area contributed by atoms with Crippen LogP contribution in [0.1, 0.15) is 0 Å². The predicted molar refractivity (Wildman–Crippen MR) is 63.5 cm³/mol. The van der Waals surface area contributed by atoms with Gasteiger partial charge < -0.3 is 15.2 Å². The van der Waals surface area contributed by atoms with Crippen LogP contribution in [-0.2, 0) is 0 Å². The summed E-state index contributed by atoms with van der Waals surface area (Å²) in [6.07, 6.45) is 0. The van der Waals surface area contributed by atoms with E-state index < -0.39 is 24.0 Å². The summed E-state index contributed by atoms with van der Waals surface area (Å²) >= 11 is 0. The molecule has 0 heterocycles. The number of ether oxygens (including phenoxy) is 1. The summed E-state index contributed by atoms with van der Waals surface area (Å²) in [5, 5.41) is 21.2. The SMILES string of the molecule is O=[N+]([O-])c1ccc(OCCNCC(F)(F)CO)cc1. The van der Waals surface area contributed by atoms with Crippen molar-refractivity contribution in [3.05, 3.63) is 34.4 Å². The van der Waals surface area contributed by atoms with Gasteiger partial charge in [0.05, 0.1) is 11.5 Å². The minimum Gasteiger partial charge on any atom is -0.492 e. The highest BCUT2D eigenvalue weighted by Gasteiger charge is 2.26. The Kier molecular flexibility index (Phi) is 5.58. The predicted octanol–water partition coefficient (Wildman–Crippen LogP) is 1.19. The molecule has 1 rings (SSSR count). The van der Waals surface area contributed by atoms with Gasteiger partial charge in [-0.1, -0.05) is 0 Å². The van der Waals surface area contributed by atoms with Gasteiger partial charge in [-0.3, -0.25) is 10.1 Å². The Balaban J connectivity index is 2.24. The smallest absolute Gasteiger partial charge is 0.282 e. The van der Waals surface area contributed by atoms with Gasteiger partial charge in [0.15, 0.2) is 0 Å². The minimum atomic E-state index is -3.15. The first-order chi connectivity index (χ1) is 8.94. The number of halogens is 2. The third-order valence-corrected chi connectivity index (χ3v) is 2.21. The Labute approximate surface area is 108 Å². The molecule has 6 nitrogen and oxygen atoms in total. The van der Waals surface area contributed by atoms with E-state index in [1.54, 1.807) is 0 Å².